The van der Waals surface area contributed by atoms with E-state index >= 15 is 0 Å². The van der Waals surface area contributed by atoms with Crippen LogP contribution in [-0.2, 0) is 9.47 Å². The molecule has 0 N–H and O–H groups in total. The third kappa shape index (κ3) is 5.72. The van der Waals surface area contributed by atoms with Crippen molar-refractivity contribution in [2.24, 2.45) is 4.99 Å². The molecule has 1 rings (SSSR count). The van der Waals surface area contributed by atoms with Crippen molar-refractivity contribution >= 4 is 22.1 Å². The summed E-state index contributed by atoms with van der Waals surface area (Å²) >= 11 is 3.44. The van der Waals surface area contributed by atoms with Crippen LogP contribution < -0.4 is 4.74 Å². The minimum Gasteiger partial charge on any atom is -0.496 e. The maximum absolute atomic E-state index is 5.42. The highest BCUT2D eigenvalue weighted by molar-refractivity contribution is 9.10. The van der Waals surface area contributed by atoms with Gasteiger partial charge in [-0.05, 0) is 53.5 Å². The van der Waals surface area contributed by atoms with Crippen LogP contribution in [0.3, 0.4) is 0 Å². The molecular weight excluding hydrogens is 310 g/mol. The molecule has 0 saturated heterocycles. The lowest BCUT2D eigenvalue weighted by Gasteiger charge is -2.14. The number of ether oxygens (including phenoxy) is 3. The molecule has 4 nitrogen and oxygen atoms in total. The zero-order valence-corrected chi connectivity index (χ0v) is 13.1. The smallest absolute Gasteiger partial charge is 0.176 e. The van der Waals surface area contributed by atoms with E-state index in [1.165, 1.54) is 0 Å². The summed E-state index contributed by atoms with van der Waals surface area (Å²) in [4.78, 5) is 4.34. The molecule has 5 heteroatoms. The van der Waals surface area contributed by atoms with Crippen LogP contribution in [-0.4, -0.2) is 39.4 Å². The molecule has 0 heterocycles. The van der Waals surface area contributed by atoms with Crippen molar-refractivity contribution in [2.45, 2.75) is 20.1 Å². The first-order chi connectivity index (χ1) is 9.21. The second kappa shape index (κ2) is 9.07. The molecule has 1 aromatic rings. The number of nitrogens with zero attached hydrogens (tertiary/aromatic N) is 1. The van der Waals surface area contributed by atoms with Gasteiger partial charge in [-0.3, -0.25) is 4.99 Å². The molecule has 0 bridgehead atoms. The minimum atomic E-state index is -0.270. The number of benzene rings is 1. The van der Waals surface area contributed by atoms with Crippen molar-refractivity contribution in [1.29, 1.82) is 0 Å². The molecule has 1 aromatic carbocycles. The van der Waals surface area contributed by atoms with E-state index in [0.717, 1.165) is 15.8 Å². The zero-order chi connectivity index (χ0) is 14.1. The highest BCUT2D eigenvalue weighted by Gasteiger charge is 2.05. The summed E-state index contributed by atoms with van der Waals surface area (Å²) in [6.45, 7) is 5.61. The third-order valence-corrected chi connectivity index (χ3v) is 3.00. The monoisotopic (exact) mass is 329 g/mol. The lowest BCUT2D eigenvalue weighted by atomic mass is 10.2. The molecule has 0 saturated carbocycles. The average molecular weight is 330 g/mol. The number of hydrogen-bond acceptors (Lipinski definition) is 4. The Morgan fingerprint density at radius 2 is 1.95 bits per heavy atom. The largest absolute Gasteiger partial charge is 0.496 e. The Hall–Kier alpha value is -0.910. The summed E-state index contributed by atoms with van der Waals surface area (Å²) in [6.07, 6.45) is 1.53. The summed E-state index contributed by atoms with van der Waals surface area (Å²) in [7, 11) is 1.64. The summed E-state index contributed by atoms with van der Waals surface area (Å²) in [5.74, 6) is 0.804. The van der Waals surface area contributed by atoms with Crippen LogP contribution >= 0.6 is 15.9 Å². The maximum atomic E-state index is 5.42. The SMILES string of the molecule is CCOC(CN=Cc1ccc(OC)c(Br)c1)OCC. The number of hydrogen-bond donors (Lipinski definition) is 0. The second-order valence-corrected chi connectivity index (χ2v) is 4.58. The Morgan fingerprint density at radius 3 is 2.47 bits per heavy atom. The van der Waals surface area contributed by atoms with E-state index in [1.807, 2.05) is 32.0 Å². The minimum absolute atomic E-state index is 0.270. The van der Waals surface area contributed by atoms with Crippen LogP contribution in [0.2, 0.25) is 0 Å². The van der Waals surface area contributed by atoms with Crippen molar-refractivity contribution in [3.05, 3.63) is 28.2 Å². The van der Waals surface area contributed by atoms with Crippen LogP contribution in [0.4, 0.5) is 0 Å². The number of aliphatic imine (C=N–C) groups is 1. The molecule has 106 valence electrons. The average Bonchev–Trinajstić information content (AvgIpc) is 2.39. The Kier molecular flexibility index (Phi) is 7.70. The Morgan fingerprint density at radius 1 is 1.26 bits per heavy atom. The van der Waals surface area contributed by atoms with Gasteiger partial charge in [0.05, 0.1) is 18.1 Å². The summed E-state index contributed by atoms with van der Waals surface area (Å²) in [5.41, 5.74) is 0.999. The lowest BCUT2D eigenvalue weighted by molar-refractivity contribution is -0.128. The molecule has 0 aromatic heterocycles. The normalized spacial score (nSPS) is 11.4. The van der Waals surface area contributed by atoms with Gasteiger partial charge < -0.3 is 14.2 Å². The standard InChI is InChI=1S/C14H20BrNO3/c1-4-18-14(19-5-2)10-16-9-11-6-7-13(17-3)12(15)8-11/h6-9,14H,4-5,10H2,1-3H3. The van der Waals surface area contributed by atoms with Gasteiger partial charge in [0.15, 0.2) is 6.29 Å². The zero-order valence-electron chi connectivity index (χ0n) is 11.6. The highest BCUT2D eigenvalue weighted by Crippen LogP contribution is 2.24. The Bertz CT molecular complexity index is 404. The molecular formula is C14H20BrNO3. The molecule has 0 amide bonds. The molecule has 0 aliphatic rings. The first-order valence-electron chi connectivity index (χ1n) is 6.27. The van der Waals surface area contributed by atoms with Gasteiger partial charge >= 0.3 is 0 Å². The fraction of sp³-hybridized carbons (Fsp3) is 0.500. The maximum Gasteiger partial charge on any atom is 0.176 e. The molecule has 0 aliphatic heterocycles. The third-order valence-electron chi connectivity index (χ3n) is 2.38. The van der Waals surface area contributed by atoms with Gasteiger partial charge in [0.2, 0.25) is 0 Å². The quantitative estimate of drug-likeness (QED) is 0.542. The summed E-state index contributed by atoms with van der Waals surface area (Å²) in [6, 6.07) is 5.80. The van der Waals surface area contributed by atoms with Gasteiger partial charge in [-0.25, -0.2) is 0 Å². The lowest BCUT2D eigenvalue weighted by Crippen LogP contribution is -2.20. The number of methoxy groups -OCH3 is 1. The molecule has 0 fully saturated rings. The summed E-state index contributed by atoms with van der Waals surface area (Å²) in [5, 5.41) is 0. The molecule has 0 atom stereocenters. The molecule has 0 spiro atoms. The first-order valence-corrected chi connectivity index (χ1v) is 7.07. The number of rotatable bonds is 8. The van der Waals surface area contributed by atoms with Crippen molar-refractivity contribution < 1.29 is 14.2 Å². The van der Waals surface area contributed by atoms with Crippen LogP contribution in [0.1, 0.15) is 19.4 Å². The van der Waals surface area contributed by atoms with Crippen molar-refractivity contribution in [3.8, 4) is 5.75 Å². The topological polar surface area (TPSA) is 40.0 Å². The van der Waals surface area contributed by atoms with Gasteiger partial charge in [-0.1, -0.05) is 0 Å². The van der Waals surface area contributed by atoms with Crippen molar-refractivity contribution in [1.82, 2.24) is 0 Å². The second-order valence-electron chi connectivity index (χ2n) is 3.73. The molecule has 0 unspecified atom stereocenters. The van der Waals surface area contributed by atoms with E-state index in [0.29, 0.717) is 19.8 Å². The van der Waals surface area contributed by atoms with Crippen LogP contribution in [0.5, 0.6) is 5.75 Å². The van der Waals surface area contributed by atoms with E-state index in [1.54, 1.807) is 13.3 Å². The van der Waals surface area contributed by atoms with Gasteiger partial charge in [0.25, 0.3) is 0 Å². The van der Waals surface area contributed by atoms with E-state index in [9.17, 15) is 0 Å². The van der Waals surface area contributed by atoms with E-state index < -0.39 is 0 Å². The van der Waals surface area contributed by atoms with Crippen LogP contribution in [0.15, 0.2) is 27.7 Å². The van der Waals surface area contributed by atoms with Crippen molar-refractivity contribution in [2.75, 3.05) is 26.9 Å². The molecule has 19 heavy (non-hydrogen) atoms. The van der Waals surface area contributed by atoms with Gasteiger partial charge in [0.1, 0.15) is 5.75 Å². The van der Waals surface area contributed by atoms with Crippen LogP contribution in [0.25, 0.3) is 0 Å². The van der Waals surface area contributed by atoms with Gasteiger partial charge in [0, 0.05) is 19.4 Å². The first kappa shape index (κ1) is 16.1. The van der Waals surface area contributed by atoms with E-state index in [4.69, 9.17) is 14.2 Å². The molecule has 0 aliphatic carbocycles. The highest BCUT2D eigenvalue weighted by atomic mass is 79.9. The Balaban J connectivity index is 2.58. The fourth-order valence-electron chi connectivity index (χ4n) is 1.53. The molecule has 0 radical (unpaired) electrons. The summed E-state index contributed by atoms with van der Waals surface area (Å²) < 4.78 is 16.9. The van der Waals surface area contributed by atoms with Crippen LogP contribution in [0, 0.1) is 0 Å². The van der Waals surface area contributed by atoms with Gasteiger partial charge in [-0.15, -0.1) is 0 Å². The van der Waals surface area contributed by atoms with E-state index in [-0.39, 0.29) is 6.29 Å². The predicted octanol–water partition coefficient (Wildman–Crippen LogP) is 3.28. The number of halogens is 1. The van der Waals surface area contributed by atoms with E-state index in [2.05, 4.69) is 20.9 Å². The fourth-order valence-corrected chi connectivity index (χ4v) is 2.09. The Labute approximate surface area is 122 Å². The van der Waals surface area contributed by atoms with Gasteiger partial charge in [-0.2, -0.15) is 0 Å². The predicted molar refractivity (Wildman–Crippen MR) is 80.2 cm³/mol. The van der Waals surface area contributed by atoms with Crippen molar-refractivity contribution in [3.63, 3.8) is 0 Å².